The zero-order chi connectivity index (χ0) is 19.2. The van der Waals surface area contributed by atoms with Gasteiger partial charge in [0.05, 0.1) is 7.11 Å². The number of hydrogen-bond donors (Lipinski definition) is 1. The average molecular weight is 369 g/mol. The van der Waals surface area contributed by atoms with Crippen molar-refractivity contribution in [2.24, 2.45) is 0 Å². The number of ether oxygens (including phenoxy) is 1. The molecule has 0 spiro atoms. The second kappa shape index (κ2) is 8.68. The molecule has 0 bridgehead atoms. The predicted molar refractivity (Wildman–Crippen MR) is 100 cm³/mol. The first-order chi connectivity index (χ1) is 13.2. The lowest BCUT2D eigenvalue weighted by Crippen LogP contribution is -2.42. The molecule has 2 aromatic carbocycles. The molecule has 0 saturated carbocycles. The van der Waals surface area contributed by atoms with Crippen LogP contribution in [0.1, 0.15) is 36.8 Å². The second-order valence-corrected chi connectivity index (χ2v) is 6.38. The van der Waals surface area contributed by atoms with E-state index in [-0.39, 0.29) is 12.5 Å². The van der Waals surface area contributed by atoms with E-state index in [4.69, 9.17) is 4.74 Å². The molecular formula is C21H23NO5. The van der Waals surface area contributed by atoms with Crippen LogP contribution in [-0.4, -0.2) is 31.8 Å². The van der Waals surface area contributed by atoms with Gasteiger partial charge in [0.25, 0.3) is 0 Å². The van der Waals surface area contributed by atoms with E-state index < -0.39 is 18.1 Å². The second-order valence-electron chi connectivity index (χ2n) is 6.38. The molecule has 0 saturated heterocycles. The van der Waals surface area contributed by atoms with Crippen molar-refractivity contribution >= 4 is 12.1 Å². The van der Waals surface area contributed by atoms with E-state index in [0.717, 1.165) is 22.3 Å². The quantitative estimate of drug-likeness (QED) is 0.594. The van der Waals surface area contributed by atoms with E-state index in [1.165, 1.54) is 7.11 Å². The van der Waals surface area contributed by atoms with Gasteiger partial charge in [-0.3, -0.25) is 4.89 Å². The van der Waals surface area contributed by atoms with E-state index >= 15 is 0 Å². The summed E-state index contributed by atoms with van der Waals surface area (Å²) in [5.41, 5.74) is 4.59. The van der Waals surface area contributed by atoms with Crippen LogP contribution in [0.15, 0.2) is 48.5 Å². The summed E-state index contributed by atoms with van der Waals surface area (Å²) >= 11 is 0. The standard InChI is InChI=1S/C21H23NO5/c1-3-8-19(20(23)27-25-2)22-21(24)26-13-18-16-11-6-4-9-14(16)15-10-5-7-12-17(15)18/h4-7,9-12,18-19H,3,8,13H2,1-2H3,(H,22,24)/t19-/m0/s1. The van der Waals surface area contributed by atoms with E-state index in [9.17, 15) is 9.59 Å². The fourth-order valence-electron chi connectivity index (χ4n) is 3.46. The van der Waals surface area contributed by atoms with Crippen LogP contribution < -0.4 is 5.32 Å². The van der Waals surface area contributed by atoms with Gasteiger partial charge < -0.3 is 10.1 Å². The monoisotopic (exact) mass is 369 g/mol. The summed E-state index contributed by atoms with van der Waals surface area (Å²) in [6.45, 7) is 2.10. The molecule has 142 valence electrons. The first-order valence-corrected chi connectivity index (χ1v) is 9.01. The molecule has 27 heavy (non-hydrogen) atoms. The van der Waals surface area contributed by atoms with Crippen molar-refractivity contribution in [2.75, 3.05) is 13.7 Å². The summed E-state index contributed by atoms with van der Waals surface area (Å²) in [5.74, 6) is -0.674. The van der Waals surface area contributed by atoms with Gasteiger partial charge in [-0.05, 0) is 28.7 Å². The molecule has 1 atom stereocenters. The highest BCUT2D eigenvalue weighted by Crippen LogP contribution is 2.44. The predicted octanol–water partition coefficient (Wildman–Crippen LogP) is 3.80. The third-order valence-electron chi connectivity index (χ3n) is 4.66. The number of hydrogen-bond acceptors (Lipinski definition) is 5. The number of benzene rings is 2. The number of carbonyl (C=O) groups excluding carboxylic acids is 2. The van der Waals surface area contributed by atoms with Crippen molar-refractivity contribution in [3.05, 3.63) is 59.7 Å². The van der Waals surface area contributed by atoms with Crippen molar-refractivity contribution in [3.8, 4) is 11.1 Å². The topological polar surface area (TPSA) is 73.9 Å². The van der Waals surface area contributed by atoms with Crippen LogP contribution >= 0.6 is 0 Å². The Morgan fingerprint density at radius 3 is 2.19 bits per heavy atom. The summed E-state index contributed by atoms with van der Waals surface area (Å²) < 4.78 is 5.45. The summed E-state index contributed by atoms with van der Waals surface area (Å²) in [4.78, 5) is 33.0. The molecule has 1 N–H and O–H groups in total. The average Bonchev–Trinajstić information content (AvgIpc) is 3.00. The maximum atomic E-state index is 12.2. The van der Waals surface area contributed by atoms with Crippen molar-refractivity contribution in [2.45, 2.75) is 31.7 Å². The molecule has 1 aliphatic carbocycles. The first kappa shape index (κ1) is 18.9. The summed E-state index contributed by atoms with van der Waals surface area (Å²) in [6.07, 6.45) is 0.489. The maximum absolute atomic E-state index is 12.2. The third kappa shape index (κ3) is 4.11. The van der Waals surface area contributed by atoms with Crippen LogP contribution in [-0.2, 0) is 19.3 Å². The molecule has 6 heteroatoms. The van der Waals surface area contributed by atoms with Gasteiger partial charge >= 0.3 is 12.1 Å². The SMILES string of the molecule is CCC[C@H](NC(=O)OCC1c2ccccc2-c2ccccc21)C(=O)OOC. The Morgan fingerprint density at radius 1 is 1.04 bits per heavy atom. The van der Waals surface area contributed by atoms with Crippen molar-refractivity contribution < 1.29 is 24.1 Å². The molecule has 0 aromatic heterocycles. The van der Waals surface area contributed by atoms with Crippen LogP contribution in [0.25, 0.3) is 11.1 Å². The van der Waals surface area contributed by atoms with Gasteiger partial charge in [0, 0.05) is 5.92 Å². The molecule has 3 rings (SSSR count). The van der Waals surface area contributed by atoms with Crippen LogP contribution in [0.4, 0.5) is 4.79 Å². The highest BCUT2D eigenvalue weighted by molar-refractivity contribution is 5.81. The van der Waals surface area contributed by atoms with E-state index in [2.05, 4.69) is 39.4 Å². The van der Waals surface area contributed by atoms with E-state index in [0.29, 0.717) is 12.8 Å². The highest BCUT2D eigenvalue weighted by Gasteiger charge is 2.30. The number of carbonyl (C=O) groups is 2. The molecule has 0 aliphatic heterocycles. The number of fused-ring (bicyclic) bond motifs is 3. The largest absolute Gasteiger partial charge is 0.449 e. The smallest absolute Gasteiger partial charge is 0.407 e. The number of amides is 1. The number of rotatable bonds is 7. The number of alkyl carbamates (subject to hydrolysis) is 1. The molecule has 2 aromatic rings. The maximum Gasteiger partial charge on any atom is 0.407 e. The van der Waals surface area contributed by atoms with Crippen LogP contribution in [0.3, 0.4) is 0 Å². The molecule has 6 nitrogen and oxygen atoms in total. The molecule has 0 heterocycles. The normalized spacial score (nSPS) is 13.4. The molecule has 0 unspecified atom stereocenters. The van der Waals surface area contributed by atoms with Crippen LogP contribution in [0, 0.1) is 0 Å². The first-order valence-electron chi connectivity index (χ1n) is 9.01. The zero-order valence-electron chi connectivity index (χ0n) is 15.4. The van der Waals surface area contributed by atoms with E-state index in [1.807, 2.05) is 31.2 Å². The minimum atomic E-state index is -0.800. The fourth-order valence-corrected chi connectivity index (χ4v) is 3.46. The van der Waals surface area contributed by atoms with Gasteiger partial charge in [-0.2, -0.15) is 4.89 Å². The lowest BCUT2D eigenvalue weighted by molar-refractivity contribution is -0.256. The van der Waals surface area contributed by atoms with Gasteiger partial charge in [0.1, 0.15) is 12.6 Å². The van der Waals surface area contributed by atoms with Gasteiger partial charge in [-0.15, -0.1) is 0 Å². The lowest BCUT2D eigenvalue weighted by Gasteiger charge is -2.18. The third-order valence-corrected chi connectivity index (χ3v) is 4.66. The molecule has 0 fully saturated rings. The Bertz CT molecular complexity index is 774. The van der Waals surface area contributed by atoms with Crippen molar-refractivity contribution in [1.82, 2.24) is 5.32 Å². The number of nitrogens with one attached hydrogen (secondary N) is 1. The Hall–Kier alpha value is -2.86. The fraction of sp³-hybridized carbons (Fsp3) is 0.333. The summed E-state index contributed by atoms with van der Waals surface area (Å²) in [5, 5.41) is 2.56. The summed E-state index contributed by atoms with van der Waals surface area (Å²) in [6, 6.07) is 15.4. The van der Waals surface area contributed by atoms with Crippen molar-refractivity contribution in [3.63, 3.8) is 0 Å². The minimum Gasteiger partial charge on any atom is -0.449 e. The van der Waals surface area contributed by atoms with E-state index in [1.54, 1.807) is 0 Å². The van der Waals surface area contributed by atoms with Gasteiger partial charge in [-0.1, -0.05) is 61.9 Å². The Kier molecular flexibility index (Phi) is 6.08. The van der Waals surface area contributed by atoms with Crippen LogP contribution in [0.2, 0.25) is 0 Å². The Balaban J connectivity index is 1.67. The molecule has 0 radical (unpaired) electrons. The highest BCUT2D eigenvalue weighted by atomic mass is 17.2. The van der Waals surface area contributed by atoms with Gasteiger partial charge in [-0.25, -0.2) is 9.59 Å². The van der Waals surface area contributed by atoms with Gasteiger partial charge in [0.15, 0.2) is 0 Å². The summed E-state index contributed by atoms with van der Waals surface area (Å²) in [7, 11) is 1.24. The van der Waals surface area contributed by atoms with Gasteiger partial charge in [0.2, 0.25) is 0 Å². The van der Waals surface area contributed by atoms with Crippen molar-refractivity contribution in [1.29, 1.82) is 0 Å². The van der Waals surface area contributed by atoms with Crippen LogP contribution in [0.5, 0.6) is 0 Å². The Labute approximate surface area is 158 Å². The Morgan fingerprint density at radius 2 is 1.63 bits per heavy atom. The lowest BCUT2D eigenvalue weighted by atomic mass is 9.98. The zero-order valence-corrected chi connectivity index (χ0v) is 15.4. The molecule has 1 amide bonds. The molecule has 1 aliphatic rings. The minimum absolute atomic E-state index is 0.0290. The molecular weight excluding hydrogens is 346 g/mol.